The first-order valence-electron chi connectivity index (χ1n) is 8.36. The minimum Gasteiger partial charge on any atom is -0.488 e. The van der Waals surface area contributed by atoms with E-state index in [-0.39, 0.29) is 12.0 Å². The third kappa shape index (κ3) is 2.67. The lowest BCUT2D eigenvalue weighted by Gasteiger charge is -2.24. The van der Waals surface area contributed by atoms with E-state index in [1.165, 1.54) is 5.56 Å². The molecule has 1 N–H and O–H groups in total. The summed E-state index contributed by atoms with van der Waals surface area (Å²) in [5, 5.41) is 7.32. The van der Waals surface area contributed by atoms with E-state index < -0.39 is 0 Å². The maximum atomic E-state index is 12.8. The van der Waals surface area contributed by atoms with Crippen LogP contribution in [-0.4, -0.2) is 59.2 Å². The number of amides is 1. The summed E-state index contributed by atoms with van der Waals surface area (Å²) in [5.41, 5.74) is 3.89. The van der Waals surface area contributed by atoms with Crippen LogP contribution in [0, 0.1) is 0 Å². The Morgan fingerprint density at radius 3 is 3.12 bits per heavy atom. The van der Waals surface area contributed by atoms with Gasteiger partial charge in [0.25, 0.3) is 5.91 Å². The molecule has 6 nitrogen and oxygen atoms in total. The van der Waals surface area contributed by atoms with Gasteiger partial charge in [-0.1, -0.05) is 18.2 Å². The van der Waals surface area contributed by atoms with Gasteiger partial charge in [0.15, 0.2) is 5.69 Å². The van der Waals surface area contributed by atoms with Crippen molar-refractivity contribution in [2.24, 2.45) is 0 Å². The first kappa shape index (κ1) is 15.2. The highest BCUT2D eigenvalue weighted by atomic mass is 16.5. The molecule has 0 bridgehead atoms. The van der Waals surface area contributed by atoms with Crippen molar-refractivity contribution in [2.45, 2.75) is 25.5 Å². The molecule has 2 aliphatic rings. The zero-order chi connectivity index (χ0) is 16.7. The molecule has 1 amide bonds. The molecule has 0 radical (unpaired) electrons. The Balaban J connectivity index is 1.45. The molecule has 3 heterocycles. The minimum atomic E-state index is -0.0395. The molecular formula is C18H22N4O2. The van der Waals surface area contributed by atoms with Crippen LogP contribution in [0.3, 0.4) is 0 Å². The summed E-state index contributed by atoms with van der Waals surface area (Å²) >= 11 is 0. The third-order valence-corrected chi connectivity index (χ3v) is 4.86. The molecule has 2 aliphatic heterocycles. The molecule has 0 fully saturated rings. The Kier molecular flexibility index (Phi) is 3.76. The Hall–Kier alpha value is -2.34. The van der Waals surface area contributed by atoms with Gasteiger partial charge in [-0.05, 0) is 18.7 Å². The second-order valence-corrected chi connectivity index (χ2v) is 6.75. The molecule has 0 spiro atoms. The van der Waals surface area contributed by atoms with Crippen LogP contribution in [0.5, 0.6) is 5.75 Å². The molecule has 24 heavy (non-hydrogen) atoms. The van der Waals surface area contributed by atoms with Gasteiger partial charge in [-0.25, -0.2) is 0 Å². The topological polar surface area (TPSA) is 61.5 Å². The number of carbonyl (C=O) groups is 1. The second-order valence-electron chi connectivity index (χ2n) is 6.75. The monoisotopic (exact) mass is 326 g/mol. The summed E-state index contributed by atoms with van der Waals surface area (Å²) in [4.78, 5) is 16.8. The van der Waals surface area contributed by atoms with E-state index in [9.17, 15) is 4.79 Å². The molecule has 2 aromatic rings. The Morgan fingerprint density at radius 2 is 2.29 bits per heavy atom. The summed E-state index contributed by atoms with van der Waals surface area (Å²) in [6, 6.07) is 8.06. The Morgan fingerprint density at radius 1 is 1.46 bits per heavy atom. The summed E-state index contributed by atoms with van der Waals surface area (Å²) < 4.78 is 5.94. The molecule has 1 aromatic carbocycles. The number of benzene rings is 1. The van der Waals surface area contributed by atoms with Crippen molar-refractivity contribution in [3.05, 3.63) is 46.8 Å². The van der Waals surface area contributed by atoms with Crippen LogP contribution in [0.2, 0.25) is 0 Å². The molecule has 1 atom stereocenters. The van der Waals surface area contributed by atoms with E-state index in [1.54, 1.807) is 4.90 Å². The van der Waals surface area contributed by atoms with E-state index in [2.05, 4.69) is 28.2 Å². The van der Waals surface area contributed by atoms with E-state index in [4.69, 9.17) is 4.74 Å². The quantitative estimate of drug-likeness (QED) is 0.928. The lowest BCUT2D eigenvalue weighted by atomic mass is 10.1. The normalized spacial score (nSPS) is 19.5. The smallest absolute Gasteiger partial charge is 0.274 e. The summed E-state index contributed by atoms with van der Waals surface area (Å²) in [6.07, 6.45) is 1.76. The SMILES string of the molecule is CN1CCc2[nH]nc(C(=O)N(C)C[C@@H]3Cc4ccccc4O3)c2C1. The van der Waals surface area contributed by atoms with Crippen molar-refractivity contribution < 1.29 is 9.53 Å². The van der Waals surface area contributed by atoms with Crippen LogP contribution in [0.1, 0.15) is 27.3 Å². The van der Waals surface area contributed by atoms with Gasteiger partial charge >= 0.3 is 0 Å². The zero-order valence-corrected chi connectivity index (χ0v) is 14.1. The van der Waals surface area contributed by atoms with Crippen LogP contribution in [0.25, 0.3) is 0 Å². The van der Waals surface area contributed by atoms with Crippen LogP contribution in [0.15, 0.2) is 24.3 Å². The molecule has 0 saturated carbocycles. The summed E-state index contributed by atoms with van der Waals surface area (Å²) in [6.45, 7) is 2.32. The first-order valence-corrected chi connectivity index (χ1v) is 8.36. The predicted octanol–water partition coefficient (Wildman–Crippen LogP) is 1.47. The summed E-state index contributed by atoms with van der Waals surface area (Å²) in [7, 11) is 3.89. The van der Waals surface area contributed by atoms with Crippen molar-refractivity contribution in [2.75, 3.05) is 27.2 Å². The lowest BCUT2D eigenvalue weighted by Crippen LogP contribution is -2.37. The van der Waals surface area contributed by atoms with Gasteiger partial charge in [-0.3, -0.25) is 9.89 Å². The van der Waals surface area contributed by atoms with E-state index in [0.29, 0.717) is 12.2 Å². The molecule has 6 heteroatoms. The van der Waals surface area contributed by atoms with Gasteiger partial charge in [0.05, 0.1) is 6.54 Å². The third-order valence-electron chi connectivity index (χ3n) is 4.86. The Bertz CT molecular complexity index is 745. The number of hydrogen-bond donors (Lipinski definition) is 1. The van der Waals surface area contributed by atoms with Gasteiger partial charge in [0.1, 0.15) is 11.9 Å². The average Bonchev–Trinajstić information content (AvgIpc) is 3.16. The number of fused-ring (bicyclic) bond motifs is 2. The minimum absolute atomic E-state index is 0.00814. The molecule has 0 aliphatic carbocycles. The highest BCUT2D eigenvalue weighted by Crippen LogP contribution is 2.28. The maximum absolute atomic E-state index is 12.8. The number of nitrogens with zero attached hydrogens (tertiary/aromatic N) is 3. The van der Waals surface area contributed by atoms with Gasteiger partial charge in [0, 0.05) is 44.2 Å². The van der Waals surface area contributed by atoms with E-state index in [1.807, 2.05) is 25.2 Å². The Labute approximate surface area is 141 Å². The van der Waals surface area contributed by atoms with Crippen molar-refractivity contribution in [3.63, 3.8) is 0 Å². The van der Waals surface area contributed by atoms with E-state index in [0.717, 1.165) is 42.9 Å². The molecule has 126 valence electrons. The molecule has 0 saturated heterocycles. The van der Waals surface area contributed by atoms with Crippen molar-refractivity contribution in [1.82, 2.24) is 20.0 Å². The van der Waals surface area contributed by atoms with Crippen LogP contribution >= 0.6 is 0 Å². The number of aromatic nitrogens is 2. The van der Waals surface area contributed by atoms with Gasteiger partial charge < -0.3 is 14.5 Å². The number of para-hydroxylation sites is 1. The molecule has 0 unspecified atom stereocenters. The number of hydrogen-bond acceptors (Lipinski definition) is 4. The molecule has 1 aromatic heterocycles. The highest BCUT2D eigenvalue weighted by Gasteiger charge is 2.29. The van der Waals surface area contributed by atoms with Crippen LogP contribution < -0.4 is 4.74 Å². The number of ether oxygens (including phenoxy) is 1. The number of nitrogens with one attached hydrogen (secondary N) is 1. The first-order chi connectivity index (χ1) is 11.6. The van der Waals surface area contributed by atoms with Gasteiger partial charge in [-0.2, -0.15) is 5.10 Å². The number of likely N-dealkylation sites (N-methyl/N-ethyl adjacent to an activating group) is 2. The van der Waals surface area contributed by atoms with Gasteiger partial charge in [0.2, 0.25) is 0 Å². The lowest BCUT2D eigenvalue weighted by molar-refractivity contribution is 0.0722. The fourth-order valence-corrected chi connectivity index (χ4v) is 3.53. The fraction of sp³-hybridized carbons (Fsp3) is 0.444. The molecule has 4 rings (SSSR count). The maximum Gasteiger partial charge on any atom is 0.274 e. The van der Waals surface area contributed by atoms with Crippen molar-refractivity contribution >= 4 is 5.91 Å². The number of carbonyl (C=O) groups excluding carboxylic acids is 1. The number of rotatable bonds is 3. The van der Waals surface area contributed by atoms with Crippen molar-refractivity contribution in [3.8, 4) is 5.75 Å². The highest BCUT2D eigenvalue weighted by molar-refractivity contribution is 5.94. The molecular weight excluding hydrogens is 304 g/mol. The standard InChI is InChI=1S/C18H22N4O2/c1-21-8-7-15-14(11-21)17(20-19-15)18(23)22(2)10-13-9-12-5-3-4-6-16(12)24-13/h3-6,13H,7-11H2,1-2H3,(H,19,20)/t13-/m0/s1. The average molecular weight is 326 g/mol. The number of H-pyrrole nitrogens is 1. The second kappa shape index (κ2) is 5.94. The van der Waals surface area contributed by atoms with Crippen LogP contribution in [0.4, 0.5) is 0 Å². The fourth-order valence-electron chi connectivity index (χ4n) is 3.53. The summed E-state index contributed by atoms with van der Waals surface area (Å²) in [5.74, 6) is 0.893. The number of aromatic amines is 1. The van der Waals surface area contributed by atoms with Gasteiger partial charge in [-0.15, -0.1) is 0 Å². The van der Waals surface area contributed by atoms with E-state index >= 15 is 0 Å². The zero-order valence-electron chi connectivity index (χ0n) is 14.1. The van der Waals surface area contributed by atoms with Crippen LogP contribution in [-0.2, 0) is 19.4 Å². The van der Waals surface area contributed by atoms with Crippen molar-refractivity contribution in [1.29, 1.82) is 0 Å². The predicted molar refractivity (Wildman–Crippen MR) is 90.1 cm³/mol. The largest absolute Gasteiger partial charge is 0.488 e.